The van der Waals surface area contributed by atoms with Gasteiger partial charge in [-0.2, -0.15) is 5.10 Å². The highest BCUT2D eigenvalue weighted by atomic mass is 32.2. The second-order valence-corrected chi connectivity index (χ2v) is 6.17. The Morgan fingerprint density at radius 2 is 1.85 bits per heavy atom. The Bertz CT molecular complexity index is 763. The number of aromatic amines is 1. The van der Waals surface area contributed by atoms with Crippen molar-refractivity contribution in [1.29, 1.82) is 0 Å². The number of nitrogens with zero attached hydrogens (tertiary/aromatic N) is 1. The maximum atomic E-state index is 12.2. The Morgan fingerprint density at radius 3 is 2.40 bits per heavy atom. The molecule has 0 aliphatic carbocycles. The number of sulfonamides is 1. The molecule has 0 spiro atoms. The number of carbonyl (C=O) groups is 1. The molecular formula is C13H15N3O3S. The standard InChI is InChI=1S/C13H15N3O3S/c1-8-6-4-5-7-11(8)20(18,19)16-13(17)12-9(2)10(3)14-15-12/h4-7H,1-3H3,(H,14,15)(H,16,17). The van der Waals surface area contributed by atoms with Gasteiger partial charge in [0.25, 0.3) is 15.9 Å². The molecule has 0 radical (unpaired) electrons. The van der Waals surface area contributed by atoms with Crippen LogP contribution in [0.1, 0.15) is 27.3 Å². The maximum absolute atomic E-state index is 12.2. The lowest BCUT2D eigenvalue weighted by atomic mass is 10.2. The van der Waals surface area contributed by atoms with E-state index in [1.54, 1.807) is 39.0 Å². The Balaban J connectivity index is 2.32. The van der Waals surface area contributed by atoms with Gasteiger partial charge in [0.05, 0.1) is 4.90 Å². The molecule has 2 rings (SSSR count). The Morgan fingerprint density at radius 1 is 1.20 bits per heavy atom. The third kappa shape index (κ3) is 2.57. The van der Waals surface area contributed by atoms with Crippen LogP contribution in [-0.2, 0) is 10.0 Å². The number of H-pyrrole nitrogens is 1. The summed E-state index contributed by atoms with van der Waals surface area (Å²) >= 11 is 0. The van der Waals surface area contributed by atoms with E-state index in [1.165, 1.54) is 6.07 Å². The number of hydrogen-bond acceptors (Lipinski definition) is 4. The summed E-state index contributed by atoms with van der Waals surface area (Å²) in [6.45, 7) is 5.13. The minimum atomic E-state index is -3.90. The highest BCUT2D eigenvalue weighted by Crippen LogP contribution is 2.15. The Hall–Kier alpha value is -2.15. The normalized spacial score (nSPS) is 11.3. The fraction of sp³-hybridized carbons (Fsp3) is 0.231. The predicted molar refractivity (Wildman–Crippen MR) is 73.9 cm³/mol. The molecule has 1 amide bonds. The summed E-state index contributed by atoms with van der Waals surface area (Å²) in [5.74, 6) is -0.741. The van der Waals surface area contributed by atoms with E-state index in [2.05, 4.69) is 10.2 Å². The molecule has 20 heavy (non-hydrogen) atoms. The van der Waals surface area contributed by atoms with E-state index in [-0.39, 0.29) is 10.6 Å². The van der Waals surface area contributed by atoms with Gasteiger partial charge in [0.1, 0.15) is 0 Å². The van der Waals surface area contributed by atoms with E-state index in [9.17, 15) is 13.2 Å². The first kappa shape index (κ1) is 14.3. The van der Waals surface area contributed by atoms with Gasteiger partial charge < -0.3 is 0 Å². The number of nitrogens with one attached hydrogen (secondary N) is 2. The molecule has 1 aromatic carbocycles. The van der Waals surface area contributed by atoms with Crippen LogP contribution in [0.3, 0.4) is 0 Å². The van der Waals surface area contributed by atoms with Gasteiger partial charge in [-0.3, -0.25) is 9.89 Å². The van der Waals surface area contributed by atoms with Crippen molar-refractivity contribution in [2.24, 2.45) is 0 Å². The van der Waals surface area contributed by atoms with Crippen molar-refractivity contribution in [3.63, 3.8) is 0 Å². The first-order chi connectivity index (χ1) is 9.33. The van der Waals surface area contributed by atoms with E-state index >= 15 is 0 Å². The lowest BCUT2D eigenvalue weighted by Crippen LogP contribution is -2.31. The largest absolute Gasteiger partial charge is 0.285 e. The molecule has 0 aliphatic rings. The molecule has 7 heteroatoms. The van der Waals surface area contributed by atoms with Gasteiger partial charge in [-0.05, 0) is 32.4 Å². The summed E-state index contributed by atoms with van der Waals surface area (Å²) in [4.78, 5) is 12.1. The van der Waals surface area contributed by atoms with E-state index in [4.69, 9.17) is 0 Å². The van der Waals surface area contributed by atoms with Crippen molar-refractivity contribution in [1.82, 2.24) is 14.9 Å². The van der Waals surface area contributed by atoms with E-state index < -0.39 is 15.9 Å². The van der Waals surface area contributed by atoms with Gasteiger partial charge in [-0.25, -0.2) is 13.1 Å². The van der Waals surface area contributed by atoms with Gasteiger partial charge in [0.2, 0.25) is 0 Å². The minimum Gasteiger partial charge on any atom is -0.282 e. The molecule has 0 saturated heterocycles. The molecule has 1 heterocycles. The summed E-state index contributed by atoms with van der Waals surface area (Å²) in [7, 11) is -3.90. The van der Waals surface area contributed by atoms with Crippen LogP contribution in [-0.4, -0.2) is 24.5 Å². The lowest BCUT2D eigenvalue weighted by Gasteiger charge is -2.08. The van der Waals surface area contributed by atoms with E-state index in [1.807, 2.05) is 4.72 Å². The molecule has 2 N–H and O–H groups in total. The first-order valence-corrected chi connectivity index (χ1v) is 7.45. The van der Waals surface area contributed by atoms with Crippen molar-refractivity contribution in [2.45, 2.75) is 25.7 Å². The van der Waals surface area contributed by atoms with Crippen LogP contribution in [0.5, 0.6) is 0 Å². The fourth-order valence-corrected chi connectivity index (χ4v) is 2.99. The third-order valence-electron chi connectivity index (χ3n) is 3.08. The van der Waals surface area contributed by atoms with Crippen molar-refractivity contribution >= 4 is 15.9 Å². The molecule has 0 unspecified atom stereocenters. The van der Waals surface area contributed by atoms with Gasteiger partial charge in [0, 0.05) is 11.3 Å². The summed E-state index contributed by atoms with van der Waals surface area (Å²) in [5.41, 5.74) is 2.01. The van der Waals surface area contributed by atoms with E-state index in [0.29, 0.717) is 11.1 Å². The molecule has 6 nitrogen and oxygen atoms in total. The number of hydrogen-bond donors (Lipinski definition) is 2. The van der Waals surface area contributed by atoms with E-state index in [0.717, 1.165) is 5.69 Å². The van der Waals surface area contributed by atoms with Crippen LogP contribution in [0.25, 0.3) is 0 Å². The molecule has 1 aromatic heterocycles. The lowest BCUT2D eigenvalue weighted by molar-refractivity contribution is 0.0976. The summed E-state index contributed by atoms with van der Waals surface area (Å²) in [6.07, 6.45) is 0. The molecule has 0 saturated carbocycles. The first-order valence-electron chi connectivity index (χ1n) is 5.97. The molecule has 106 valence electrons. The number of amides is 1. The maximum Gasteiger partial charge on any atom is 0.285 e. The van der Waals surface area contributed by atoms with Crippen LogP contribution < -0.4 is 4.72 Å². The van der Waals surface area contributed by atoms with Gasteiger partial charge >= 0.3 is 0 Å². The number of aromatic nitrogens is 2. The smallest absolute Gasteiger partial charge is 0.282 e. The minimum absolute atomic E-state index is 0.0817. The molecule has 2 aromatic rings. The molecule has 0 fully saturated rings. The summed E-state index contributed by atoms with van der Waals surface area (Å²) in [5, 5.41) is 6.46. The number of rotatable bonds is 3. The topological polar surface area (TPSA) is 91.9 Å². The number of aryl methyl sites for hydroxylation is 2. The SMILES string of the molecule is Cc1ccccc1S(=O)(=O)NC(=O)c1n[nH]c(C)c1C. The van der Waals surface area contributed by atoms with Crippen LogP contribution >= 0.6 is 0 Å². The van der Waals surface area contributed by atoms with Crippen molar-refractivity contribution in [3.8, 4) is 0 Å². The fourth-order valence-electron chi connectivity index (χ4n) is 1.79. The zero-order valence-electron chi connectivity index (χ0n) is 11.4. The van der Waals surface area contributed by atoms with Crippen LogP contribution in [0.2, 0.25) is 0 Å². The van der Waals surface area contributed by atoms with Crippen LogP contribution in [0.4, 0.5) is 0 Å². The summed E-state index contributed by atoms with van der Waals surface area (Å²) < 4.78 is 26.4. The zero-order valence-corrected chi connectivity index (χ0v) is 12.2. The van der Waals surface area contributed by atoms with Crippen molar-refractivity contribution < 1.29 is 13.2 Å². The monoisotopic (exact) mass is 293 g/mol. The van der Waals surface area contributed by atoms with Crippen molar-refractivity contribution in [2.75, 3.05) is 0 Å². The molecule has 0 atom stereocenters. The summed E-state index contributed by atoms with van der Waals surface area (Å²) in [6, 6.07) is 6.46. The second-order valence-electron chi connectivity index (χ2n) is 4.52. The van der Waals surface area contributed by atoms with Crippen LogP contribution in [0, 0.1) is 20.8 Å². The van der Waals surface area contributed by atoms with Crippen LogP contribution in [0.15, 0.2) is 29.2 Å². The zero-order chi connectivity index (χ0) is 14.9. The average Bonchev–Trinajstić information content (AvgIpc) is 2.70. The number of carbonyl (C=O) groups excluding carboxylic acids is 1. The quantitative estimate of drug-likeness (QED) is 0.896. The highest BCUT2D eigenvalue weighted by Gasteiger charge is 2.23. The second kappa shape index (κ2) is 5.09. The number of benzene rings is 1. The molecule has 0 aliphatic heterocycles. The van der Waals surface area contributed by atoms with Gasteiger partial charge in [-0.15, -0.1) is 0 Å². The Kier molecular flexibility index (Phi) is 3.63. The Labute approximate surface area is 117 Å². The predicted octanol–water partition coefficient (Wildman–Crippen LogP) is 1.45. The van der Waals surface area contributed by atoms with Gasteiger partial charge in [0.15, 0.2) is 5.69 Å². The average molecular weight is 293 g/mol. The van der Waals surface area contributed by atoms with Gasteiger partial charge in [-0.1, -0.05) is 18.2 Å². The molecule has 0 bridgehead atoms. The van der Waals surface area contributed by atoms with Crippen molar-refractivity contribution in [3.05, 3.63) is 46.8 Å². The third-order valence-corrected chi connectivity index (χ3v) is 4.57. The highest BCUT2D eigenvalue weighted by molar-refractivity contribution is 7.90. The molecular weight excluding hydrogens is 278 g/mol.